The Labute approximate surface area is 416 Å². The summed E-state index contributed by atoms with van der Waals surface area (Å²) >= 11 is 0. The van der Waals surface area contributed by atoms with E-state index in [1.54, 1.807) is 6.08 Å². The van der Waals surface area contributed by atoms with Crippen molar-refractivity contribution in [2.75, 3.05) is 6.61 Å². The Balaban J connectivity index is 3.42. The lowest BCUT2D eigenvalue weighted by Gasteiger charge is -2.20. The number of nitrogens with one attached hydrogen (secondary N) is 1. The Bertz CT molecular complexity index is 921. The van der Waals surface area contributed by atoms with Gasteiger partial charge in [0.1, 0.15) is 0 Å². The van der Waals surface area contributed by atoms with Crippen molar-refractivity contribution in [2.45, 2.75) is 373 Å². The molecule has 0 bridgehead atoms. The highest BCUT2D eigenvalue weighted by Crippen LogP contribution is 2.19. The number of carbonyl (C=O) groups excluding carboxylic acids is 1. The number of hydrogen-bond donors (Lipinski definition) is 3. The molecule has 4 nitrogen and oxygen atoms in total. The minimum Gasteiger partial charge on any atom is -0.394 e. The zero-order chi connectivity index (χ0) is 47.7. The van der Waals surface area contributed by atoms with Crippen molar-refractivity contribution in [2.24, 2.45) is 0 Å². The number of unbranched alkanes of at least 4 members (excludes halogenated alkanes) is 51. The Kier molecular flexibility index (Phi) is 57.7. The number of rotatable bonds is 58. The first kappa shape index (κ1) is 65.1. The summed E-state index contributed by atoms with van der Waals surface area (Å²) in [5, 5.41) is 23.2. The Morgan fingerprint density at radius 3 is 0.788 bits per heavy atom. The molecule has 0 heterocycles. The molecule has 0 aliphatic rings. The van der Waals surface area contributed by atoms with Crippen LogP contribution in [0.1, 0.15) is 361 Å². The van der Waals surface area contributed by atoms with Gasteiger partial charge in [0.05, 0.1) is 18.8 Å². The molecule has 0 aliphatic carbocycles. The van der Waals surface area contributed by atoms with E-state index in [0.29, 0.717) is 6.42 Å². The number of amides is 1. The standard InChI is InChI=1S/C62H123NO3/c1-3-5-7-9-11-13-15-17-19-21-23-25-27-29-30-31-32-33-34-36-38-40-42-44-46-48-50-52-54-56-58-62(66)63-60(59-64)61(65)57-55-53-51-49-47-45-43-41-39-37-35-28-26-24-22-20-18-16-14-12-10-8-6-4-2/h55,57,60-61,64-65H,3-54,56,58-59H2,1-2H3,(H,63,66)/b57-55+. The second-order valence-electron chi connectivity index (χ2n) is 21.5. The molecule has 2 unspecified atom stereocenters. The summed E-state index contributed by atoms with van der Waals surface area (Å²) in [6, 6.07) is -0.619. The van der Waals surface area contributed by atoms with Crippen LogP contribution < -0.4 is 5.32 Å². The maximum absolute atomic E-state index is 12.5. The van der Waals surface area contributed by atoms with Crippen molar-refractivity contribution >= 4 is 5.91 Å². The molecule has 0 aromatic rings. The smallest absolute Gasteiger partial charge is 0.220 e. The van der Waals surface area contributed by atoms with Crippen LogP contribution in [0.15, 0.2) is 12.2 Å². The highest BCUT2D eigenvalue weighted by Gasteiger charge is 2.18. The monoisotopic (exact) mass is 930 g/mol. The van der Waals surface area contributed by atoms with Gasteiger partial charge in [-0.3, -0.25) is 4.79 Å². The lowest BCUT2D eigenvalue weighted by Crippen LogP contribution is -2.45. The molecule has 0 radical (unpaired) electrons. The van der Waals surface area contributed by atoms with Crippen LogP contribution in [0.25, 0.3) is 0 Å². The molecule has 0 spiro atoms. The molecule has 0 rings (SSSR count). The second kappa shape index (κ2) is 58.4. The van der Waals surface area contributed by atoms with Crippen molar-refractivity contribution in [1.29, 1.82) is 0 Å². The second-order valence-corrected chi connectivity index (χ2v) is 21.5. The van der Waals surface area contributed by atoms with Crippen molar-refractivity contribution in [3.05, 3.63) is 12.2 Å². The molecular weight excluding hydrogens is 807 g/mol. The van der Waals surface area contributed by atoms with Crippen LogP contribution in [-0.4, -0.2) is 34.9 Å². The van der Waals surface area contributed by atoms with Crippen LogP contribution in [0.5, 0.6) is 0 Å². The number of carbonyl (C=O) groups is 1. The molecule has 2 atom stereocenters. The van der Waals surface area contributed by atoms with E-state index in [2.05, 4.69) is 19.2 Å². The minimum atomic E-state index is -0.836. The first-order chi connectivity index (χ1) is 32.7. The predicted molar refractivity (Wildman–Crippen MR) is 295 cm³/mol. The maximum atomic E-state index is 12.5. The zero-order valence-electron chi connectivity index (χ0n) is 45.5. The maximum Gasteiger partial charge on any atom is 0.220 e. The first-order valence-electron chi connectivity index (χ1n) is 30.9. The largest absolute Gasteiger partial charge is 0.394 e. The zero-order valence-corrected chi connectivity index (χ0v) is 45.5. The summed E-state index contributed by atoms with van der Waals surface area (Å²) < 4.78 is 0. The summed E-state index contributed by atoms with van der Waals surface area (Å²) in [7, 11) is 0. The molecule has 0 aromatic heterocycles. The number of hydrogen-bond acceptors (Lipinski definition) is 3. The van der Waals surface area contributed by atoms with E-state index in [1.165, 1.54) is 315 Å². The van der Waals surface area contributed by atoms with Gasteiger partial charge in [0.25, 0.3) is 0 Å². The molecule has 0 fully saturated rings. The van der Waals surface area contributed by atoms with Crippen LogP contribution in [0.2, 0.25) is 0 Å². The molecule has 0 aliphatic heterocycles. The average Bonchev–Trinajstić information content (AvgIpc) is 3.32. The fourth-order valence-corrected chi connectivity index (χ4v) is 10.1. The molecule has 0 saturated heterocycles. The lowest BCUT2D eigenvalue weighted by atomic mass is 10.0. The van der Waals surface area contributed by atoms with Gasteiger partial charge in [-0.25, -0.2) is 0 Å². The van der Waals surface area contributed by atoms with Gasteiger partial charge in [0.15, 0.2) is 0 Å². The quantitative estimate of drug-likeness (QED) is 0.0420. The fourth-order valence-electron chi connectivity index (χ4n) is 10.1. The third-order valence-electron chi connectivity index (χ3n) is 14.8. The van der Waals surface area contributed by atoms with Crippen LogP contribution >= 0.6 is 0 Å². The number of aliphatic hydroxyl groups excluding tert-OH is 2. The van der Waals surface area contributed by atoms with E-state index in [1.807, 2.05) is 6.08 Å². The summed E-state index contributed by atoms with van der Waals surface area (Å²) in [6.07, 6.45) is 76.9. The van der Waals surface area contributed by atoms with Gasteiger partial charge >= 0.3 is 0 Å². The normalized spacial score (nSPS) is 12.7. The summed E-state index contributed by atoms with van der Waals surface area (Å²) in [4.78, 5) is 12.5. The molecule has 394 valence electrons. The van der Waals surface area contributed by atoms with Crippen molar-refractivity contribution in [3.8, 4) is 0 Å². The van der Waals surface area contributed by atoms with Crippen LogP contribution in [0, 0.1) is 0 Å². The van der Waals surface area contributed by atoms with Crippen molar-refractivity contribution in [3.63, 3.8) is 0 Å². The number of aliphatic hydroxyl groups is 2. The molecule has 0 aromatic carbocycles. The van der Waals surface area contributed by atoms with E-state index in [4.69, 9.17) is 0 Å². The van der Waals surface area contributed by atoms with E-state index < -0.39 is 12.1 Å². The third kappa shape index (κ3) is 54.1. The van der Waals surface area contributed by atoms with Gasteiger partial charge in [-0.1, -0.05) is 347 Å². The molecule has 1 amide bonds. The number of allylic oxidation sites excluding steroid dienone is 1. The fraction of sp³-hybridized carbons (Fsp3) is 0.952. The molecule has 0 saturated carbocycles. The van der Waals surface area contributed by atoms with Crippen LogP contribution in [0.4, 0.5) is 0 Å². The Morgan fingerprint density at radius 1 is 0.348 bits per heavy atom. The van der Waals surface area contributed by atoms with Gasteiger partial charge in [-0.05, 0) is 19.3 Å². The van der Waals surface area contributed by atoms with Crippen LogP contribution in [0.3, 0.4) is 0 Å². The first-order valence-corrected chi connectivity index (χ1v) is 30.9. The van der Waals surface area contributed by atoms with Gasteiger partial charge < -0.3 is 15.5 Å². The molecule has 4 heteroatoms. The third-order valence-corrected chi connectivity index (χ3v) is 14.8. The van der Waals surface area contributed by atoms with Crippen molar-refractivity contribution < 1.29 is 15.0 Å². The van der Waals surface area contributed by atoms with Gasteiger partial charge in [-0.15, -0.1) is 0 Å². The summed E-state index contributed by atoms with van der Waals surface area (Å²) in [5.41, 5.74) is 0. The highest BCUT2D eigenvalue weighted by atomic mass is 16.3. The Hall–Kier alpha value is -0.870. The van der Waals surface area contributed by atoms with Gasteiger partial charge in [0, 0.05) is 6.42 Å². The van der Waals surface area contributed by atoms with Crippen molar-refractivity contribution in [1.82, 2.24) is 5.32 Å². The van der Waals surface area contributed by atoms with Gasteiger partial charge in [0.2, 0.25) is 5.91 Å². The van der Waals surface area contributed by atoms with E-state index in [-0.39, 0.29) is 12.5 Å². The molecular formula is C62H123NO3. The molecule has 3 N–H and O–H groups in total. The summed E-state index contributed by atoms with van der Waals surface area (Å²) in [6.45, 7) is 4.36. The molecule has 66 heavy (non-hydrogen) atoms. The van der Waals surface area contributed by atoms with Gasteiger partial charge in [-0.2, -0.15) is 0 Å². The SMILES string of the molecule is CCCCCCCCCCCCCCCCCCCCCCCC/C=C/C(O)C(CO)NC(=O)CCCCCCCCCCCCCCCCCCCCCCCCCCCCCCCC. The minimum absolute atomic E-state index is 0.0543. The topological polar surface area (TPSA) is 69.6 Å². The van der Waals surface area contributed by atoms with Crippen LogP contribution in [-0.2, 0) is 4.79 Å². The van der Waals surface area contributed by atoms with E-state index >= 15 is 0 Å². The predicted octanol–water partition coefficient (Wildman–Crippen LogP) is 20.5. The lowest BCUT2D eigenvalue weighted by molar-refractivity contribution is -0.123. The van der Waals surface area contributed by atoms with E-state index in [9.17, 15) is 15.0 Å². The summed E-state index contributed by atoms with van der Waals surface area (Å²) in [5.74, 6) is -0.0543. The Morgan fingerprint density at radius 2 is 0.561 bits per heavy atom. The van der Waals surface area contributed by atoms with E-state index in [0.717, 1.165) is 25.7 Å². The highest BCUT2D eigenvalue weighted by molar-refractivity contribution is 5.76. The average molecular weight is 931 g/mol.